The Morgan fingerprint density at radius 2 is 1.53 bits per heavy atom. The quantitative estimate of drug-likeness (QED) is 0.908. The van der Waals surface area contributed by atoms with Gasteiger partial charge in [0.25, 0.3) is 0 Å². The van der Waals surface area contributed by atoms with Gasteiger partial charge in [-0.2, -0.15) is 0 Å². The molecule has 0 bridgehead atoms. The van der Waals surface area contributed by atoms with E-state index in [0.717, 1.165) is 23.8 Å². The molecule has 3 heteroatoms. The lowest BCUT2D eigenvalue weighted by Crippen LogP contribution is -2.21. The van der Waals surface area contributed by atoms with E-state index in [2.05, 4.69) is 17.4 Å². The molecule has 96 valence electrons. The third kappa shape index (κ3) is 2.95. The lowest BCUT2D eigenvalue weighted by molar-refractivity contribution is 0.314. The van der Waals surface area contributed by atoms with E-state index in [-0.39, 0.29) is 0 Å². The Morgan fingerprint density at radius 3 is 2.37 bits per heavy atom. The zero-order valence-electron chi connectivity index (χ0n) is 10.5. The molecule has 0 saturated carbocycles. The molecule has 0 saturated heterocycles. The molecular weight excluding hydrogens is 238 g/mol. The van der Waals surface area contributed by atoms with Crippen molar-refractivity contribution in [1.29, 1.82) is 0 Å². The molecule has 1 aliphatic heterocycles. The van der Waals surface area contributed by atoms with Crippen LogP contribution in [-0.4, -0.2) is 6.54 Å². The summed E-state index contributed by atoms with van der Waals surface area (Å²) in [6.07, 6.45) is 1.65. The predicted octanol–water partition coefficient (Wildman–Crippen LogP) is 3.09. The van der Waals surface area contributed by atoms with Crippen molar-refractivity contribution in [2.24, 2.45) is 0 Å². The van der Waals surface area contributed by atoms with Gasteiger partial charge in [0.15, 0.2) is 17.3 Å². The average molecular weight is 253 g/mol. The third-order valence-corrected chi connectivity index (χ3v) is 2.88. The second kappa shape index (κ2) is 5.59. The van der Waals surface area contributed by atoms with Gasteiger partial charge in [-0.3, -0.25) is 0 Å². The molecule has 1 heterocycles. The smallest absolute Gasteiger partial charge is 0.169 e. The fraction of sp³-hybridized carbons (Fsp3) is 0.125. The average Bonchev–Trinajstić information content (AvgIpc) is 2.48. The van der Waals surface area contributed by atoms with Crippen molar-refractivity contribution in [3.05, 3.63) is 72.2 Å². The van der Waals surface area contributed by atoms with E-state index in [9.17, 15) is 0 Å². The predicted molar refractivity (Wildman–Crippen MR) is 73.9 cm³/mol. The number of hydrogen-bond donors (Lipinski definition) is 1. The van der Waals surface area contributed by atoms with Gasteiger partial charge >= 0.3 is 0 Å². The fourth-order valence-electron chi connectivity index (χ4n) is 1.93. The summed E-state index contributed by atoms with van der Waals surface area (Å²) in [6.45, 7) is 1.45. The van der Waals surface area contributed by atoms with E-state index in [1.165, 1.54) is 5.56 Å². The van der Waals surface area contributed by atoms with Crippen LogP contribution in [0.4, 0.5) is 0 Å². The van der Waals surface area contributed by atoms with Gasteiger partial charge in [0.05, 0.1) is 6.54 Å². The summed E-state index contributed by atoms with van der Waals surface area (Å²) < 4.78 is 11.3. The van der Waals surface area contributed by atoms with Crippen LogP contribution in [0, 0.1) is 0 Å². The van der Waals surface area contributed by atoms with E-state index < -0.39 is 0 Å². The Kier molecular flexibility index (Phi) is 3.47. The van der Waals surface area contributed by atoms with Crippen molar-refractivity contribution in [3.63, 3.8) is 0 Å². The SMILES string of the molecule is C1=C(CNCc2ccccc2)Oc2ccccc2O1. The largest absolute Gasteiger partial charge is 0.457 e. The van der Waals surface area contributed by atoms with Gasteiger partial charge in [0.1, 0.15) is 6.26 Å². The minimum atomic E-state index is 0.642. The highest BCUT2D eigenvalue weighted by molar-refractivity contribution is 5.42. The minimum absolute atomic E-state index is 0.642. The molecule has 0 fully saturated rings. The molecule has 2 aromatic carbocycles. The number of rotatable bonds is 4. The summed E-state index contributed by atoms with van der Waals surface area (Å²) in [6, 6.07) is 17.9. The van der Waals surface area contributed by atoms with Crippen LogP contribution in [0.1, 0.15) is 5.56 Å². The van der Waals surface area contributed by atoms with E-state index in [4.69, 9.17) is 9.47 Å². The molecule has 1 N–H and O–H groups in total. The first kappa shape index (κ1) is 11.8. The van der Waals surface area contributed by atoms with Crippen LogP contribution in [-0.2, 0) is 6.54 Å². The van der Waals surface area contributed by atoms with Crippen LogP contribution in [0.3, 0.4) is 0 Å². The van der Waals surface area contributed by atoms with E-state index >= 15 is 0 Å². The molecule has 19 heavy (non-hydrogen) atoms. The second-order valence-electron chi connectivity index (χ2n) is 4.34. The zero-order valence-corrected chi connectivity index (χ0v) is 10.5. The molecule has 0 unspecified atom stereocenters. The number of para-hydroxylation sites is 2. The zero-order chi connectivity index (χ0) is 12.9. The molecule has 3 rings (SSSR count). The number of fused-ring (bicyclic) bond motifs is 1. The number of nitrogens with one attached hydrogen (secondary N) is 1. The summed E-state index contributed by atoms with van der Waals surface area (Å²) in [7, 11) is 0. The van der Waals surface area contributed by atoms with E-state index in [1.54, 1.807) is 6.26 Å². The molecule has 0 atom stereocenters. The highest BCUT2D eigenvalue weighted by Crippen LogP contribution is 2.31. The molecule has 0 aliphatic carbocycles. The summed E-state index contributed by atoms with van der Waals surface area (Å²) in [4.78, 5) is 0. The molecule has 3 nitrogen and oxygen atoms in total. The van der Waals surface area contributed by atoms with Crippen molar-refractivity contribution in [3.8, 4) is 11.5 Å². The maximum absolute atomic E-state index is 5.74. The summed E-state index contributed by atoms with van der Waals surface area (Å²) in [5.74, 6) is 2.31. The van der Waals surface area contributed by atoms with Gasteiger partial charge in [-0.25, -0.2) is 0 Å². The molecule has 0 amide bonds. The molecule has 2 aromatic rings. The highest BCUT2D eigenvalue weighted by Gasteiger charge is 2.12. The summed E-state index contributed by atoms with van der Waals surface area (Å²) in [5, 5.41) is 3.33. The van der Waals surface area contributed by atoms with E-state index in [1.807, 2.05) is 42.5 Å². The maximum Gasteiger partial charge on any atom is 0.169 e. The van der Waals surface area contributed by atoms with Crippen LogP contribution < -0.4 is 14.8 Å². The van der Waals surface area contributed by atoms with Crippen LogP contribution in [0.2, 0.25) is 0 Å². The summed E-state index contributed by atoms with van der Waals surface area (Å²) in [5.41, 5.74) is 1.25. The maximum atomic E-state index is 5.74. The van der Waals surface area contributed by atoms with Gasteiger partial charge in [0.2, 0.25) is 0 Å². The second-order valence-corrected chi connectivity index (χ2v) is 4.34. The molecular formula is C16H15NO2. The van der Waals surface area contributed by atoms with Crippen LogP contribution in [0.25, 0.3) is 0 Å². The Morgan fingerprint density at radius 1 is 0.789 bits per heavy atom. The topological polar surface area (TPSA) is 30.5 Å². The van der Waals surface area contributed by atoms with Crippen LogP contribution in [0.15, 0.2) is 66.6 Å². The fourth-order valence-corrected chi connectivity index (χ4v) is 1.93. The minimum Gasteiger partial charge on any atom is -0.457 e. The molecule has 0 spiro atoms. The van der Waals surface area contributed by atoms with Gasteiger partial charge in [-0.05, 0) is 17.7 Å². The Labute approximate surface area is 112 Å². The van der Waals surface area contributed by atoms with Crippen molar-refractivity contribution in [1.82, 2.24) is 5.32 Å². The molecule has 1 aliphatic rings. The lowest BCUT2D eigenvalue weighted by Gasteiger charge is -2.18. The molecule has 0 radical (unpaired) electrons. The Balaban J connectivity index is 1.54. The first-order valence-electron chi connectivity index (χ1n) is 6.29. The van der Waals surface area contributed by atoms with E-state index in [0.29, 0.717) is 6.54 Å². The number of benzene rings is 2. The van der Waals surface area contributed by atoms with Gasteiger partial charge < -0.3 is 14.8 Å². The Hall–Kier alpha value is -2.26. The molecule has 0 aromatic heterocycles. The standard InChI is InChI=1S/C16H15NO2/c1-2-6-13(7-3-1)10-17-11-14-12-18-15-8-4-5-9-16(15)19-14/h1-9,12,17H,10-11H2. The van der Waals surface area contributed by atoms with Crippen LogP contribution in [0.5, 0.6) is 11.5 Å². The first-order valence-corrected chi connectivity index (χ1v) is 6.29. The van der Waals surface area contributed by atoms with Gasteiger partial charge in [-0.1, -0.05) is 42.5 Å². The highest BCUT2D eigenvalue weighted by atomic mass is 16.6. The Bertz CT molecular complexity index is 578. The number of ether oxygens (including phenoxy) is 2. The van der Waals surface area contributed by atoms with Gasteiger partial charge in [0, 0.05) is 6.54 Å². The monoisotopic (exact) mass is 253 g/mol. The first-order chi connectivity index (χ1) is 9.42. The summed E-state index contributed by atoms with van der Waals surface area (Å²) >= 11 is 0. The third-order valence-electron chi connectivity index (χ3n) is 2.88. The number of hydrogen-bond acceptors (Lipinski definition) is 3. The van der Waals surface area contributed by atoms with Crippen molar-refractivity contribution in [2.75, 3.05) is 6.54 Å². The van der Waals surface area contributed by atoms with Crippen LogP contribution >= 0.6 is 0 Å². The lowest BCUT2D eigenvalue weighted by atomic mass is 10.2. The van der Waals surface area contributed by atoms with Gasteiger partial charge in [-0.15, -0.1) is 0 Å². The van der Waals surface area contributed by atoms with Crippen molar-refractivity contribution in [2.45, 2.75) is 6.54 Å². The van der Waals surface area contributed by atoms with Crippen molar-refractivity contribution < 1.29 is 9.47 Å². The normalized spacial score (nSPS) is 12.9. The van der Waals surface area contributed by atoms with Crippen molar-refractivity contribution >= 4 is 0 Å².